The molecule has 1 N–H and O–H groups in total. The van der Waals surface area contributed by atoms with E-state index in [1.165, 1.54) is 6.07 Å². The SMILES string of the molecule is Cc1cc(S(=O)(=O)NC(=O)C(C(C)C)n2c(C)nc3ccccc32)cc(Br)c1C. The average Bonchev–Trinajstić information content (AvgIpc) is 2.95. The van der Waals surface area contributed by atoms with Crippen LogP contribution in [0.15, 0.2) is 45.8 Å². The maximum Gasteiger partial charge on any atom is 0.264 e. The van der Waals surface area contributed by atoms with Crippen molar-refractivity contribution in [3.8, 4) is 0 Å². The van der Waals surface area contributed by atoms with Gasteiger partial charge in [-0.25, -0.2) is 18.1 Å². The second-order valence-corrected chi connectivity index (χ2v) is 10.1. The number of sulfonamides is 1. The predicted octanol–water partition coefficient (Wildman–Crippen LogP) is 4.43. The molecule has 1 amide bonds. The topological polar surface area (TPSA) is 81.1 Å². The molecule has 0 spiro atoms. The second-order valence-electron chi connectivity index (χ2n) is 7.52. The van der Waals surface area contributed by atoms with Crippen LogP contribution in [0, 0.1) is 26.7 Å². The summed E-state index contributed by atoms with van der Waals surface area (Å²) in [5.41, 5.74) is 3.34. The molecule has 1 atom stereocenters. The van der Waals surface area contributed by atoms with E-state index in [-0.39, 0.29) is 10.8 Å². The van der Waals surface area contributed by atoms with Crippen molar-refractivity contribution < 1.29 is 13.2 Å². The van der Waals surface area contributed by atoms with Gasteiger partial charge in [-0.2, -0.15) is 0 Å². The zero-order chi connectivity index (χ0) is 21.5. The average molecular weight is 478 g/mol. The van der Waals surface area contributed by atoms with Crippen LogP contribution in [0.5, 0.6) is 0 Å². The Morgan fingerprint density at radius 3 is 2.41 bits per heavy atom. The van der Waals surface area contributed by atoms with Crippen molar-refractivity contribution in [1.82, 2.24) is 14.3 Å². The highest BCUT2D eigenvalue weighted by atomic mass is 79.9. The smallest absolute Gasteiger partial charge is 0.264 e. The molecular weight excluding hydrogens is 454 g/mol. The molecule has 0 saturated heterocycles. The summed E-state index contributed by atoms with van der Waals surface area (Å²) in [6.45, 7) is 9.32. The molecule has 2 aromatic carbocycles. The number of amides is 1. The number of rotatable bonds is 5. The lowest BCUT2D eigenvalue weighted by molar-refractivity contribution is -0.123. The van der Waals surface area contributed by atoms with Gasteiger partial charge >= 0.3 is 0 Å². The number of aromatic nitrogens is 2. The molecule has 0 aliphatic rings. The summed E-state index contributed by atoms with van der Waals surface area (Å²) in [7, 11) is -4.02. The molecule has 0 fully saturated rings. The number of carbonyl (C=O) groups excluding carboxylic acids is 1. The molecular formula is C21H24BrN3O3S. The number of hydrogen-bond acceptors (Lipinski definition) is 4. The number of nitrogens with one attached hydrogen (secondary N) is 1. The summed E-state index contributed by atoms with van der Waals surface area (Å²) in [6.07, 6.45) is 0. The van der Waals surface area contributed by atoms with E-state index in [0.29, 0.717) is 10.3 Å². The van der Waals surface area contributed by atoms with Gasteiger partial charge in [0.05, 0.1) is 15.9 Å². The minimum atomic E-state index is -4.02. The Morgan fingerprint density at radius 1 is 1.14 bits per heavy atom. The normalized spacial score (nSPS) is 13.1. The zero-order valence-corrected chi connectivity index (χ0v) is 19.4. The third kappa shape index (κ3) is 4.09. The highest BCUT2D eigenvalue weighted by Crippen LogP contribution is 2.28. The summed E-state index contributed by atoms with van der Waals surface area (Å²) in [6, 6.07) is 9.87. The van der Waals surface area contributed by atoms with E-state index in [9.17, 15) is 13.2 Å². The molecule has 1 unspecified atom stereocenters. The number of aryl methyl sites for hydroxylation is 2. The van der Waals surface area contributed by atoms with Gasteiger partial charge in [0.15, 0.2) is 0 Å². The van der Waals surface area contributed by atoms with Gasteiger partial charge in [0.25, 0.3) is 15.9 Å². The van der Waals surface area contributed by atoms with E-state index in [2.05, 4.69) is 25.6 Å². The molecule has 3 aromatic rings. The molecule has 0 aliphatic heterocycles. The van der Waals surface area contributed by atoms with E-state index in [4.69, 9.17) is 0 Å². The van der Waals surface area contributed by atoms with Crippen LogP contribution in [-0.2, 0) is 14.8 Å². The van der Waals surface area contributed by atoms with Crippen LogP contribution >= 0.6 is 15.9 Å². The number of nitrogens with zero attached hydrogens (tertiary/aromatic N) is 2. The van der Waals surface area contributed by atoms with Crippen molar-refractivity contribution in [2.75, 3.05) is 0 Å². The Bertz CT molecular complexity index is 1180. The standard InChI is InChI=1S/C21H24BrN3O3S/c1-12(2)20(25-15(5)23-18-8-6-7-9-19(18)25)21(26)24-29(27,28)16-10-13(3)14(4)17(22)11-16/h6-12,20H,1-5H3,(H,24,26). The van der Waals surface area contributed by atoms with Crippen molar-refractivity contribution in [2.45, 2.75) is 45.6 Å². The largest absolute Gasteiger partial charge is 0.315 e. The van der Waals surface area contributed by atoms with Crippen molar-refractivity contribution in [3.05, 3.63) is 57.8 Å². The molecule has 0 aliphatic carbocycles. The highest BCUT2D eigenvalue weighted by Gasteiger charge is 2.31. The van der Waals surface area contributed by atoms with Crippen LogP contribution in [0.1, 0.15) is 36.8 Å². The van der Waals surface area contributed by atoms with Crippen LogP contribution in [0.4, 0.5) is 0 Å². The molecule has 0 saturated carbocycles. The van der Waals surface area contributed by atoms with Crippen LogP contribution in [0.3, 0.4) is 0 Å². The lowest BCUT2D eigenvalue weighted by Crippen LogP contribution is -2.39. The molecule has 0 radical (unpaired) electrons. The minimum Gasteiger partial charge on any atom is -0.315 e. The first kappa shape index (κ1) is 21.5. The molecule has 3 rings (SSSR count). The maximum absolute atomic E-state index is 13.2. The van der Waals surface area contributed by atoms with Crippen molar-refractivity contribution in [3.63, 3.8) is 0 Å². The minimum absolute atomic E-state index is 0.0514. The Labute approximate surface area is 179 Å². The van der Waals surface area contributed by atoms with Gasteiger partial charge < -0.3 is 4.57 Å². The summed E-state index contributed by atoms with van der Waals surface area (Å²) in [5, 5.41) is 0. The van der Waals surface area contributed by atoms with Gasteiger partial charge in [-0.05, 0) is 62.1 Å². The van der Waals surface area contributed by atoms with Crippen molar-refractivity contribution >= 4 is 42.9 Å². The first-order valence-corrected chi connectivity index (χ1v) is 11.6. The van der Waals surface area contributed by atoms with Crippen LogP contribution in [0.25, 0.3) is 11.0 Å². The lowest BCUT2D eigenvalue weighted by Gasteiger charge is -2.24. The van der Waals surface area contributed by atoms with E-state index >= 15 is 0 Å². The summed E-state index contributed by atoms with van der Waals surface area (Å²) < 4.78 is 30.6. The van der Waals surface area contributed by atoms with E-state index < -0.39 is 22.0 Å². The Kier molecular flexibility index (Phi) is 5.87. The van der Waals surface area contributed by atoms with Crippen molar-refractivity contribution in [1.29, 1.82) is 0 Å². The fourth-order valence-corrected chi connectivity index (χ4v) is 5.25. The molecule has 6 nitrogen and oxygen atoms in total. The lowest BCUT2D eigenvalue weighted by atomic mass is 10.0. The fraction of sp³-hybridized carbons (Fsp3) is 0.333. The second kappa shape index (κ2) is 7.91. The van der Waals surface area contributed by atoms with Gasteiger partial charge in [-0.1, -0.05) is 41.9 Å². The number of imidazole rings is 1. The van der Waals surface area contributed by atoms with Crippen LogP contribution < -0.4 is 4.72 Å². The molecule has 1 heterocycles. The first-order valence-electron chi connectivity index (χ1n) is 9.30. The molecule has 29 heavy (non-hydrogen) atoms. The number of fused-ring (bicyclic) bond motifs is 1. The predicted molar refractivity (Wildman–Crippen MR) is 117 cm³/mol. The summed E-state index contributed by atoms with van der Waals surface area (Å²) >= 11 is 3.39. The number of hydrogen-bond donors (Lipinski definition) is 1. The fourth-order valence-electron chi connectivity index (χ4n) is 3.43. The van der Waals surface area contributed by atoms with Gasteiger partial charge in [-0.3, -0.25) is 4.79 Å². The highest BCUT2D eigenvalue weighted by molar-refractivity contribution is 9.10. The number of para-hydroxylation sites is 2. The number of benzene rings is 2. The zero-order valence-electron chi connectivity index (χ0n) is 17.0. The molecule has 0 bridgehead atoms. The first-order chi connectivity index (χ1) is 13.5. The van der Waals surface area contributed by atoms with Gasteiger partial charge in [-0.15, -0.1) is 0 Å². The Hall–Kier alpha value is -2.19. The molecule has 154 valence electrons. The van der Waals surface area contributed by atoms with Crippen LogP contribution in [0.2, 0.25) is 0 Å². The van der Waals surface area contributed by atoms with Gasteiger partial charge in [0.2, 0.25) is 0 Å². The van der Waals surface area contributed by atoms with E-state index in [1.54, 1.807) is 10.6 Å². The monoisotopic (exact) mass is 477 g/mol. The third-order valence-electron chi connectivity index (χ3n) is 5.07. The van der Waals surface area contributed by atoms with Gasteiger partial charge in [0.1, 0.15) is 11.9 Å². The number of halogens is 1. The van der Waals surface area contributed by atoms with Crippen LogP contribution in [-0.4, -0.2) is 23.9 Å². The number of carbonyl (C=O) groups is 1. The quantitative estimate of drug-likeness (QED) is 0.589. The van der Waals surface area contributed by atoms with Gasteiger partial charge in [0, 0.05) is 4.47 Å². The van der Waals surface area contributed by atoms with E-state index in [1.807, 2.05) is 58.9 Å². The van der Waals surface area contributed by atoms with E-state index in [0.717, 1.165) is 22.2 Å². The third-order valence-corrected chi connectivity index (χ3v) is 7.22. The maximum atomic E-state index is 13.2. The molecule has 1 aromatic heterocycles. The Morgan fingerprint density at radius 2 is 1.79 bits per heavy atom. The van der Waals surface area contributed by atoms with Crippen molar-refractivity contribution in [2.24, 2.45) is 5.92 Å². The Balaban J connectivity index is 2.02. The summed E-state index contributed by atoms with van der Waals surface area (Å²) in [4.78, 5) is 17.7. The molecule has 8 heteroatoms. The summed E-state index contributed by atoms with van der Waals surface area (Å²) in [5.74, 6) is -0.0695.